The van der Waals surface area contributed by atoms with E-state index >= 15 is 0 Å². The standard InChI is InChI=1S/C14H23N3O3S/c1-4-20-13-9-12(15)14(13)16-10-5-7-11(8-6-10)21(18,19)17(2)3/h5-8,12-14,16H,4,9,15H2,1-3H3. The highest BCUT2D eigenvalue weighted by atomic mass is 32.2. The minimum atomic E-state index is -3.39. The van der Waals surface area contributed by atoms with Gasteiger partial charge < -0.3 is 15.8 Å². The third-order valence-corrected chi connectivity index (χ3v) is 5.54. The van der Waals surface area contributed by atoms with E-state index in [9.17, 15) is 8.42 Å². The lowest BCUT2D eigenvalue weighted by atomic mass is 9.83. The molecular formula is C14H23N3O3S. The molecule has 1 aromatic rings. The van der Waals surface area contributed by atoms with Gasteiger partial charge in [-0.1, -0.05) is 0 Å². The topological polar surface area (TPSA) is 84.7 Å². The van der Waals surface area contributed by atoms with Gasteiger partial charge in [-0.25, -0.2) is 12.7 Å². The first-order chi connectivity index (χ1) is 9.86. The Balaban J connectivity index is 2.06. The summed E-state index contributed by atoms with van der Waals surface area (Å²) in [5, 5.41) is 3.31. The van der Waals surface area contributed by atoms with Crippen LogP contribution in [0, 0.1) is 0 Å². The zero-order valence-corrected chi connectivity index (χ0v) is 13.4. The Labute approximate surface area is 126 Å². The number of nitrogens with one attached hydrogen (secondary N) is 1. The van der Waals surface area contributed by atoms with Crippen LogP contribution >= 0.6 is 0 Å². The van der Waals surface area contributed by atoms with Crippen molar-refractivity contribution in [2.24, 2.45) is 5.73 Å². The molecule has 2 rings (SSSR count). The van der Waals surface area contributed by atoms with Crippen molar-refractivity contribution in [1.82, 2.24) is 4.31 Å². The van der Waals surface area contributed by atoms with Crippen molar-refractivity contribution in [1.29, 1.82) is 0 Å². The Hall–Kier alpha value is -1.15. The van der Waals surface area contributed by atoms with Crippen molar-refractivity contribution < 1.29 is 13.2 Å². The van der Waals surface area contributed by atoms with E-state index in [4.69, 9.17) is 10.5 Å². The summed E-state index contributed by atoms with van der Waals surface area (Å²) in [6.07, 6.45) is 0.966. The molecule has 3 N–H and O–H groups in total. The fraction of sp³-hybridized carbons (Fsp3) is 0.571. The van der Waals surface area contributed by atoms with Crippen LogP contribution in [-0.2, 0) is 14.8 Å². The normalized spacial score (nSPS) is 25.7. The molecule has 0 bridgehead atoms. The largest absolute Gasteiger partial charge is 0.378 e. The van der Waals surface area contributed by atoms with Gasteiger partial charge in [0, 0.05) is 32.4 Å². The number of hydrogen-bond donors (Lipinski definition) is 2. The quantitative estimate of drug-likeness (QED) is 0.813. The predicted octanol–water partition coefficient (Wildman–Crippen LogP) is 0.854. The van der Waals surface area contributed by atoms with E-state index < -0.39 is 10.0 Å². The van der Waals surface area contributed by atoms with Crippen molar-refractivity contribution >= 4 is 15.7 Å². The third-order valence-electron chi connectivity index (χ3n) is 3.71. The van der Waals surface area contributed by atoms with Crippen molar-refractivity contribution in [2.75, 3.05) is 26.0 Å². The lowest BCUT2D eigenvalue weighted by molar-refractivity contribution is -0.0126. The van der Waals surface area contributed by atoms with Crippen molar-refractivity contribution in [3.8, 4) is 0 Å². The Morgan fingerprint density at radius 3 is 2.43 bits per heavy atom. The summed E-state index contributed by atoms with van der Waals surface area (Å²) in [5.74, 6) is 0. The molecule has 0 saturated heterocycles. The molecule has 1 saturated carbocycles. The van der Waals surface area contributed by atoms with Crippen molar-refractivity contribution in [3.63, 3.8) is 0 Å². The van der Waals surface area contributed by atoms with E-state index in [0.717, 1.165) is 12.1 Å². The SMILES string of the molecule is CCOC1CC(N)C1Nc1ccc(S(=O)(=O)N(C)C)cc1. The van der Waals surface area contributed by atoms with Crippen LogP contribution in [0.4, 0.5) is 5.69 Å². The number of nitrogens with zero attached hydrogens (tertiary/aromatic N) is 1. The van der Waals surface area contributed by atoms with Gasteiger partial charge in [-0.2, -0.15) is 0 Å². The molecule has 1 fully saturated rings. The molecule has 0 aliphatic heterocycles. The molecule has 0 spiro atoms. The molecule has 1 aromatic carbocycles. The highest BCUT2D eigenvalue weighted by Crippen LogP contribution is 2.27. The molecule has 6 nitrogen and oxygen atoms in total. The molecule has 0 amide bonds. The summed E-state index contributed by atoms with van der Waals surface area (Å²) < 4.78 is 30.8. The molecular weight excluding hydrogens is 290 g/mol. The molecule has 21 heavy (non-hydrogen) atoms. The number of nitrogens with two attached hydrogens (primary N) is 1. The van der Waals surface area contributed by atoms with E-state index in [0.29, 0.717) is 6.61 Å². The number of sulfonamides is 1. The monoisotopic (exact) mass is 313 g/mol. The number of ether oxygens (including phenoxy) is 1. The van der Waals surface area contributed by atoms with Crippen molar-refractivity contribution in [2.45, 2.75) is 36.4 Å². The molecule has 0 aromatic heterocycles. The number of benzene rings is 1. The molecule has 118 valence electrons. The van der Waals surface area contributed by atoms with Gasteiger partial charge in [0.1, 0.15) is 0 Å². The lowest BCUT2D eigenvalue weighted by Gasteiger charge is -2.43. The van der Waals surface area contributed by atoms with Crippen LogP contribution < -0.4 is 11.1 Å². The van der Waals surface area contributed by atoms with Crippen LogP contribution in [0.15, 0.2) is 29.2 Å². The smallest absolute Gasteiger partial charge is 0.242 e. The second-order valence-corrected chi connectivity index (χ2v) is 7.53. The minimum Gasteiger partial charge on any atom is -0.378 e. The zero-order chi connectivity index (χ0) is 15.6. The first-order valence-electron chi connectivity index (χ1n) is 7.02. The molecule has 3 atom stereocenters. The molecule has 0 heterocycles. The second kappa shape index (κ2) is 6.31. The number of hydrogen-bond acceptors (Lipinski definition) is 5. The van der Waals surface area contributed by atoms with Gasteiger partial charge in [-0.3, -0.25) is 0 Å². The van der Waals surface area contributed by atoms with Gasteiger partial charge in [0.05, 0.1) is 17.0 Å². The molecule has 7 heteroatoms. The number of rotatable bonds is 6. The van der Waals surface area contributed by atoms with Crippen molar-refractivity contribution in [3.05, 3.63) is 24.3 Å². The highest BCUT2D eigenvalue weighted by Gasteiger charge is 2.39. The lowest BCUT2D eigenvalue weighted by Crippen LogP contribution is -2.60. The predicted molar refractivity (Wildman–Crippen MR) is 82.7 cm³/mol. The van der Waals surface area contributed by atoms with Crippen LogP contribution in [0.1, 0.15) is 13.3 Å². The van der Waals surface area contributed by atoms with E-state index in [1.54, 1.807) is 24.3 Å². The van der Waals surface area contributed by atoms with Crippen LogP contribution in [0.25, 0.3) is 0 Å². The Bertz CT molecular complexity index is 570. The fourth-order valence-corrected chi connectivity index (χ4v) is 3.26. The second-order valence-electron chi connectivity index (χ2n) is 5.38. The summed E-state index contributed by atoms with van der Waals surface area (Å²) in [5.41, 5.74) is 6.83. The van der Waals surface area contributed by atoms with Gasteiger partial charge >= 0.3 is 0 Å². The summed E-state index contributed by atoms with van der Waals surface area (Å²) in [6, 6.07) is 6.83. The van der Waals surface area contributed by atoms with E-state index in [-0.39, 0.29) is 23.1 Å². The zero-order valence-electron chi connectivity index (χ0n) is 12.6. The van der Waals surface area contributed by atoms with Crippen LogP contribution in [0.3, 0.4) is 0 Å². The Morgan fingerprint density at radius 2 is 1.95 bits per heavy atom. The number of anilines is 1. The van der Waals surface area contributed by atoms with Crippen LogP contribution in [-0.4, -0.2) is 51.6 Å². The summed E-state index contributed by atoms with van der Waals surface area (Å²) >= 11 is 0. The fourth-order valence-electron chi connectivity index (χ4n) is 2.35. The van der Waals surface area contributed by atoms with Gasteiger partial charge in [0.2, 0.25) is 10.0 Å². The first-order valence-corrected chi connectivity index (χ1v) is 8.46. The Morgan fingerprint density at radius 1 is 1.33 bits per heavy atom. The Kier molecular flexibility index (Phi) is 4.88. The third kappa shape index (κ3) is 3.37. The maximum atomic E-state index is 12.0. The van der Waals surface area contributed by atoms with Crippen LogP contribution in [0.2, 0.25) is 0 Å². The first kappa shape index (κ1) is 16.2. The maximum absolute atomic E-state index is 12.0. The average Bonchev–Trinajstić information content (AvgIpc) is 2.45. The highest BCUT2D eigenvalue weighted by molar-refractivity contribution is 7.89. The molecule has 1 aliphatic carbocycles. The van der Waals surface area contributed by atoms with E-state index in [1.165, 1.54) is 18.4 Å². The van der Waals surface area contributed by atoms with Gasteiger partial charge in [0.15, 0.2) is 0 Å². The van der Waals surface area contributed by atoms with Crippen LogP contribution in [0.5, 0.6) is 0 Å². The molecule has 3 unspecified atom stereocenters. The van der Waals surface area contributed by atoms with Gasteiger partial charge in [-0.05, 0) is 37.6 Å². The van der Waals surface area contributed by atoms with E-state index in [1.807, 2.05) is 6.92 Å². The molecule has 1 aliphatic rings. The minimum absolute atomic E-state index is 0.0618. The summed E-state index contributed by atoms with van der Waals surface area (Å²) in [7, 11) is -0.357. The van der Waals surface area contributed by atoms with Gasteiger partial charge in [-0.15, -0.1) is 0 Å². The van der Waals surface area contributed by atoms with E-state index in [2.05, 4.69) is 5.32 Å². The summed E-state index contributed by atoms with van der Waals surface area (Å²) in [6.45, 7) is 2.62. The molecule has 0 radical (unpaired) electrons. The maximum Gasteiger partial charge on any atom is 0.242 e. The average molecular weight is 313 g/mol. The summed E-state index contributed by atoms with van der Waals surface area (Å²) in [4.78, 5) is 0.275. The van der Waals surface area contributed by atoms with Gasteiger partial charge in [0.25, 0.3) is 0 Å².